The van der Waals surface area contributed by atoms with Gasteiger partial charge in [-0.1, -0.05) is 19.0 Å². The Hall–Kier alpha value is -2.51. The molecule has 1 saturated heterocycles. The second kappa shape index (κ2) is 6.94. The molecule has 0 saturated carbocycles. The van der Waals surface area contributed by atoms with Crippen LogP contribution in [0.15, 0.2) is 17.0 Å². The predicted octanol–water partition coefficient (Wildman–Crippen LogP) is 2.14. The van der Waals surface area contributed by atoms with E-state index in [2.05, 4.69) is 34.0 Å². The fraction of sp³-hybridized carbons (Fsp3) is 0.562. The Balaban J connectivity index is 1.77. The molecule has 8 nitrogen and oxygen atoms in total. The number of hydrogen-bond acceptors (Lipinski definition) is 7. The quantitative estimate of drug-likeness (QED) is 0.888. The van der Waals surface area contributed by atoms with Gasteiger partial charge in [-0.3, -0.25) is 0 Å². The molecular formula is C16H21N5O3. The second-order valence-electron chi connectivity index (χ2n) is 6.50. The minimum atomic E-state index is -1.02. The number of aromatic carboxylic acids is 1. The first-order chi connectivity index (χ1) is 11.5. The summed E-state index contributed by atoms with van der Waals surface area (Å²) in [6.45, 7) is 5.59. The van der Waals surface area contributed by atoms with E-state index < -0.39 is 5.97 Å². The van der Waals surface area contributed by atoms with Crippen LogP contribution in [0.3, 0.4) is 0 Å². The molecule has 3 heterocycles. The van der Waals surface area contributed by atoms with Crippen LogP contribution in [0.5, 0.6) is 0 Å². The molecule has 0 aromatic carbocycles. The molecule has 1 fully saturated rings. The lowest BCUT2D eigenvalue weighted by molar-refractivity contribution is 0.0696. The van der Waals surface area contributed by atoms with Crippen LogP contribution in [0.4, 0.5) is 5.82 Å². The van der Waals surface area contributed by atoms with Crippen molar-refractivity contribution in [2.24, 2.45) is 5.92 Å². The Morgan fingerprint density at radius 1 is 1.50 bits per heavy atom. The maximum absolute atomic E-state index is 11.4. The van der Waals surface area contributed by atoms with Gasteiger partial charge in [0.1, 0.15) is 17.7 Å². The average Bonchev–Trinajstić information content (AvgIpc) is 3.02. The van der Waals surface area contributed by atoms with Crippen LogP contribution in [-0.4, -0.2) is 44.3 Å². The molecule has 1 N–H and O–H groups in total. The van der Waals surface area contributed by atoms with Gasteiger partial charge in [0, 0.05) is 25.7 Å². The van der Waals surface area contributed by atoms with Gasteiger partial charge in [0.15, 0.2) is 5.82 Å². The maximum Gasteiger partial charge on any atom is 0.341 e. The van der Waals surface area contributed by atoms with Crippen LogP contribution < -0.4 is 4.90 Å². The molecule has 1 aliphatic heterocycles. The van der Waals surface area contributed by atoms with E-state index in [0.29, 0.717) is 24.2 Å². The molecule has 1 atom stereocenters. The molecule has 0 spiro atoms. The molecular weight excluding hydrogens is 310 g/mol. The second-order valence-corrected chi connectivity index (χ2v) is 6.50. The molecule has 3 rings (SSSR count). The first kappa shape index (κ1) is 16.4. The number of rotatable bonds is 5. The molecule has 0 unspecified atom stereocenters. The summed E-state index contributed by atoms with van der Waals surface area (Å²) in [6, 6.07) is 0. The minimum absolute atomic E-state index is 0.0868. The third kappa shape index (κ3) is 3.52. The highest BCUT2D eigenvalue weighted by molar-refractivity contribution is 5.92. The van der Waals surface area contributed by atoms with Gasteiger partial charge in [-0.2, -0.15) is 4.98 Å². The molecule has 0 bridgehead atoms. The Morgan fingerprint density at radius 3 is 3.08 bits per heavy atom. The van der Waals surface area contributed by atoms with Crippen molar-refractivity contribution in [3.8, 4) is 0 Å². The Bertz CT molecular complexity index is 715. The third-order valence-corrected chi connectivity index (χ3v) is 4.07. The maximum atomic E-state index is 11.4. The fourth-order valence-corrected chi connectivity index (χ4v) is 2.98. The van der Waals surface area contributed by atoms with Gasteiger partial charge >= 0.3 is 5.97 Å². The average molecular weight is 331 g/mol. The zero-order chi connectivity index (χ0) is 17.1. The van der Waals surface area contributed by atoms with Crippen LogP contribution in [0.2, 0.25) is 0 Å². The lowest BCUT2D eigenvalue weighted by Crippen LogP contribution is -2.36. The van der Waals surface area contributed by atoms with Crippen molar-refractivity contribution in [1.82, 2.24) is 20.1 Å². The Kier molecular flexibility index (Phi) is 4.73. The summed E-state index contributed by atoms with van der Waals surface area (Å²) in [5.74, 6) is 1.33. The molecule has 0 amide bonds. The van der Waals surface area contributed by atoms with Crippen LogP contribution in [0.25, 0.3) is 0 Å². The van der Waals surface area contributed by atoms with Gasteiger partial charge in [0.05, 0.1) is 5.92 Å². The van der Waals surface area contributed by atoms with Crippen molar-refractivity contribution in [2.75, 3.05) is 18.0 Å². The lowest BCUT2D eigenvalue weighted by Gasteiger charge is -2.32. The summed E-state index contributed by atoms with van der Waals surface area (Å²) < 4.78 is 5.43. The zero-order valence-electron chi connectivity index (χ0n) is 13.8. The topological polar surface area (TPSA) is 105 Å². The monoisotopic (exact) mass is 331 g/mol. The van der Waals surface area contributed by atoms with Gasteiger partial charge in [-0.05, 0) is 18.8 Å². The summed E-state index contributed by atoms with van der Waals surface area (Å²) in [4.78, 5) is 25.8. The van der Waals surface area contributed by atoms with Crippen LogP contribution in [0.1, 0.15) is 54.7 Å². The number of nitrogens with zero attached hydrogens (tertiary/aromatic N) is 5. The molecule has 0 aliphatic carbocycles. The number of aromatic nitrogens is 4. The van der Waals surface area contributed by atoms with Gasteiger partial charge in [0.2, 0.25) is 5.89 Å². The van der Waals surface area contributed by atoms with E-state index in [0.717, 1.165) is 31.6 Å². The minimum Gasteiger partial charge on any atom is -0.477 e. The van der Waals surface area contributed by atoms with Crippen molar-refractivity contribution in [1.29, 1.82) is 0 Å². The standard InChI is InChI=1S/C16H21N5O3/c1-10(2)6-13-19-15(24-20-13)11-4-3-5-21(8-11)14-12(16(22)23)7-17-9-18-14/h7,9-11H,3-6,8H2,1-2H3,(H,22,23)/t11-/m0/s1. The van der Waals surface area contributed by atoms with E-state index in [9.17, 15) is 9.90 Å². The molecule has 0 radical (unpaired) electrons. The number of hydrogen-bond donors (Lipinski definition) is 1. The molecule has 1 aliphatic rings. The number of anilines is 1. The van der Waals surface area contributed by atoms with Crippen molar-refractivity contribution >= 4 is 11.8 Å². The number of piperidine rings is 1. The summed E-state index contributed by atoms with van der Waals surface area (Å²) in [6.07, 6.45) is 5.35. The highest BCUT2D eigenvalue weighted by atomic mass is 16.5. The lowest BCUT2D eigenvalue weighted by atomic mass is 9.97. The van der Waals surface area contributed by atoms with Crippen molar-refractivity contribution < 1.29 is 14.4 Å². The highest BCUT2D eigenvalue weighted by Crippen LogP contribution is 2.29. The molecule has 24 heavy (non-hydrogen) atoms. The largest absolute Gasteiger partial charge is 0.477 e. The number of carboxylic acids is 1. The van der Waals surface area contributed by atoms with E-state index in [1.807, 2.05) is 4.90 Å². The first-order valence-electron chi connectivity index (χ1n) is 8.15. The van der Waals surface area contributed by atoms with Gasteiger partial charge < -0.3 is 14.5 Å². The van der Waals surface area contributed by atoms with E-state index >= 15 is 0 Å². The SMILES string of the molecule is CC(C)Cc1noc([C@H]2CCCN(c3ncncc3C(=O)O)C2)n1. The molecule has 128 valence electrons. The summed E-state index contributed by atoms with van der Waals surface area (Å²) >= 11 is 0. The van der Waals surface area contributed by atoms with Crippen LogP contribution in [0, 0.1) is 5.92 Å². The van der Waals surface area contributed by atoms with E-state index in [1.165, 1.54) is 12.5 Å². The number of carboxylic acid groups (broad SMARTS) is 1. The smallest absolute Gasteiger partial charge is 0.341 e. The molecule has 8 heteroatoms. The van der Waals surface area contributed by atoms with Crippen LogP contribution >= 0.6 is 0 Å². The van der Waals surface area contributed by atoms with E-state index in [4.69, 9.17) is 4.52 Å². The van der Waals surface area contributed by atoms with E-state index in [1.54, 1.807) is 0 Å². The summed E-state index contributed by atoms with van der Waals surface area (Å²) in [7, 11) is 0. The van der Waals surface area contributed by atoms with Crippen molar-refractivity contribution in [3.63, 3.8) is 0 Å². The van der Waals surface area contributed by atoms with Gasteiger partial charge in [-0.25, -0.2) is 14.8 Å². The Labute approximate surface area is 139 Å². The number of carbonyl (C=O) groups is 1. The first-order valence-corrected chi connectivity index (χ1v) is 8.15. The summed E-state index contributed by atoms with van der Waals surface area (Å²) in [5.41, 5.74) is 0.115. The highest BCUT2D eigenvalue weighted by Gasteiger charge is 2.29. The predicted molar refractivity (Wildman–Crippen MR) is 86.0 cm³/mol. The summed E-state index contributed by atoms with van der Waals surface area (Å²) in [5, 5.41) is 13.4. The zero-order valence-corrected chi connectivity index (χ0v) is 13.8. The van der Waals surface area contributed by atoms with Crippen molar-refractivity contribution in [3.05, 3.63) is 29.8 Å². The van der Waals surface area contributed by atoms with Gasteiger partial charge in [-0.15, -0.1) is 0 Å². The molecule has 2 aromatic rings. The normalized spacial score (nSPS) is 18.1. The third-order valence-electron chi connectivity index (χ3n) is 4.07. The van der Waals surface area contributed by atoms with E-state index in [-0.39, 0.29) is 11.5 Å². The van der Waals surface area contributed by atoms with Gasteiger partial charge in [0.25, 0.3) is 0 Å². The Morgan fingerprint density at radius 2 is 2.33 bits per heavy atom. The fourth-order valence-electron chi connectivity index (χ4n) is 2.98. The molecule has 2 aromatic heterocycles. The van der Waals surface area contributed by atoms with Crippen molar-refractivity contribution in [2.45, 2.75) is 39.0 Å². The van der Waals surface area contributed by atoms with Crippen LogP contribution in [-0.2, 0) is 6.42 Å².